The van der Waals surface area contributed by atoms with E-state index in [2.05, 4.69) is 41.5 Å². The summed E-state index contributed by atoms with van der Waals surface area (Å²) in [4.78, 5) is 26.0. The van der Waals surface area contributed by atoms with Gasteiger partial charge in [-0.1, -0.05) is 66.5 Å². The molecule has 0 amide bonds. The molecule has 2 aliphatic rings. The van der Waals surface area contributed by atoms with Crippen molar-refractivity contribution in [2.24, 2.45) is 35.5 Å². The van der Waals surface area contributed by atoms with Gasteiger partial charge in [0.1, 0.15) is 35.9 Å². The predicted octanol–water partition coefficient (Wildman–Crippen LogP) is 10.7. The van der Waals surface area contributed by atoms with E-state index in [1.54, 1.807) is 14.2 Å². The van der Waals surface area contributed by atoms with Crippen LogP contribution in [0.25, 0.3) is 11.1 Å². The number of carbonyl (C=O) groups is 2. The van der Waals surface area contributed by atoms with E-state index in [-0.39, 0.29) is 12.2 Å². The normalized spacial score (nSPS) is 25.6. The summed E-state index contributed by atoms with van der Waals surface area (Å²) >= 11 is 0. The van der Waals surface area contributed by atoms with Gasteiger partial charge >= 0.3 is 12.3 Å². The van der Waals surface area contributed by atoms with E-state index in [1.165, 1.54) is 0 Å². The summed E-state index contributed by atoms with van der Waals surface area (Å²) in [5, 5.41) is 0. The van der Waals surface area contributed by atoms with Gasteiger partial charge in [0.15, 0.2) is 0 Å². The molecule has 48 heavy (non-hydrogen) atoms. The van der Waals surface area contributed by atoms with Crippen LogP contribution in [-0.4, -0.2) is 38.7 Å². The van der Waals surface area contributed by atoms with Crippen molar-refractivity contribution < 1.29 is 38.0 Å². The van der Waals surface area contributed by atoms with Crippen LogP contribution in [0.4, 0.5) is 9.59 Å². The first-order valence-corrected chi connectivity index (χ1v) is 17.9. The molecule has 8 heteroatoms. The highest BCUT2D eigenvalue weighted by Crippen LogP contribution is 2.41. The summed E-state index contributed by atoms with van der Waals surface area (Å²) < 4.78 is 35.0. The minimum Gasteiger partial charge on any atom is -0.496 e. The average Bonchev–Trinajstić information content (AvgIpc) is 3.03. The van der Waals surface area contributed by atoms with Crippen molar-refractivity contribution in [2.45, 2.75) is 118 Å². The van der Waals surface area contributed by atoms with Crippen LogP contribution in [0.2, 0.25) is 0 Å². The third kappa shape index (κ3) is 9.38. The van der Waals surface area contributed by atoms with E-state index in [9.17, 15) is 9.59 Å². The molecule has 0 aliphatic heterocycles. The second kappa shape index (κ2) is 16.8. The first kappa shape index (κ1) is 37.4. The van der Waals surface area contributed by atoms with E-state index in [0.717, 1.165) is 60.8 Å². The van der Waals surface area contributed by atoms with Gasteiger partial charge in [-0.25, -0.2) is 9.59 Å². The van der Waals surface area contributed by atoms with Gasteiger partial charge in [-0.05, 0) is 110 Å². The smallest absolute Gasteiger partial charge is 0.496 e. The zero-order valence-electron chi connectivity index (χ0n) is 30.7. The molecule has 0 aromatic heterocycles. The first-order chi connectivity index (χ1) is 22.8. The topological polar surface area (TPSA) is 89.5 Å². The van der Waals surface area contributed by atoms with Gasteiger partial charge < -0.3 is 28.4 Å². The average molecular weight is 667 g/mol. The molecule has 2 aliphatic carbocycles. The Morgan fingerprint density at radius 1 is 0.604 bits per heavy atom. The molecule has 8 atom stereocenters. The standard InChI is InChI=1S/C40H58O8/c1-23(2)31-15-11-25(5)19-37(31)47-39(41)45-27(7)29-13-17-35(43-9)33(21-29)34-22-30(14-18-36(34)44-10)28(8)46-40(42)48-38-20-26(6)12-16-32(38)24(3)4/h13-14,17-18,21-28,31-32,37-38H,11-12,15-16,19-20H2,1-10H3/t25-,26-,27-,28-,31+,32+,37-,38-/m1/s1. The van der Waals surface area contributed by atoms with Crippen LogP contribution in [0, 0.1) is 35.5 Å². The molecule has 0 saturated heterocycles. The second-order valence-corrected chi connectivity index (χ2v) is 14.9. The molecule has 2 fully saturated rings. The predicted molar refractivity (Wildman–Crippen MR) is 187 cm³/mol. The summed E-state index contributed by atoms with van der Waals surface area (Å²) in [7, 11) is 3.22. The number of carbonyl (C=O) groups excluding carboxylic acids is 2. The molecule has 266 valence electrons. The zero-order valence-corrected chi connectivity index (χ0v) is 30.7. The number of hydrogen-bond acceptors (Lipinski definition) is 8. The molecular weight excluding hydrogens is 608 g/mol. The van der Waals surface area contributed by atoms with Crippen molar-refractivity contribution in [1.82, 2.24) is 0 Å². The quantitative estimate of drug-likeness (QED) is 0.219. The van der Waals surface area contributed by atoms with Crippen molar-refractivity contribution in [3.63, 3.8) is 0 Å². The van der Waals surface area contributed by atoms with Crippen LogP contribution in [0.15, 0.2) is 36.4 Å². The van der Waals surface area contributed by atoms with Crippen molar-refractivity contribution in [3.05, 3.63) is 47.5 Å². The van der Waals surface area contributed by atoms with Crippen LogP contribution in [-0.2, 0) is 18.9 Å². The third-order valence-corrected chi connectivity index (χ3v) is 10.6. The number of hydrogen-bond donors (Lipinski definition) is 0. The van der Waals surface area contributed by atoms with Crippen LogP contribution in [0.3, 0.4) is 0 Å². The van der Waals surface area contributed by atoms with Gasteiger partial charge in [-0.3, -0.25) is 0 Å². The lowest BCUT2D eigenvalue weighted by Crippen LogP contribution is -2.36. The van der Waals surface area contributed by atoms with E-state index in [0.29, 0.717) is 47.0 Å². The Kier molecular flexibility index (Phi) is 13.1. The number of ether oxygens (including phenoxy) is 6. The van der Waals surface area contributed by atoms with E-state index >= 15 is 0 Å². The molecule has 0 unspecified atom stereocenters. The molecule has 0 radical (unpaired) electrons. The minimum atomic E-state index is -0.649. The Morgan fingerprint density at radius 2 is 0.979 bits per heavy atom. The molecule has 0 spiro atoms. The van der Waals surface area contributed by atoms with Gasteiger partial charge in [0.05, 0.1) is 14.2 Å². The fraction of sp³-hybridized carbons (Fsp3) is 0.650. The Hall–Kier alpha value is -3.42. The molecule has 0 heterocycles. The fourth-order valence-corrected chi connectivity index (χ4v) is 7.61. The molecule has 2 aromatic rings. The summed E-state index contributed by atoms with van der Waals surface area (Å²) in [6.45, 7) is 16.8. The van der Waals surface area contributed by atoms with E-state index < -0.39 is 24.5 Å². The highest BCUT2D eigenvalue weighted by Gasteiger charge is 2.35. The van der Waals surface area contributed by atoms with Crippen LogP contribution in [0.5, 0.6) is 11.5 Å². The second-order valence-electron chi connectivity index (χ2n) is 14.9. The summed E-state index contributed by atoms with van der Waals surface area (Å²) in [6, 6.07) is 11.4. The first-order valence-electron chi connectivity index (χ1n) is 17.9. The molecule has 2 aromatic carbocycles. The van der Waals surface area contributed by atoms with Crippen LogP contribution in [0.1, 0.15) is 117 Å². The van der Waals surface area contributed by atoms with Crippen LogP contribution >= 0.6 is 0 Å². The van der Waals surface area contributed by atoms with E-state index in [4.69, 9.17) is 28.4 Å². The maximum Gasteiger partial charge on any atom is 0.509 e. The molecule has 0 N–H and O–H groups in total. The maximum atomic E-state index is 13.0. The Bertz CT molecular complexity index is 1270. The number of rotatable bonds is 11. The van der Waals surface area contributed by atoms with Crippen molar-refractivity contribution in [1.29, 1.82) is 0 Å². The lowest BCUT2D eigenvalue weighted by Gasteiger charge is -2.36. The van der Waals surface area contributed by atoms with Crippen LogP contribution < -0.4 is 9.47 Å². The van der Waals surface area contributed by atoms with Gasteiger partial charge in [0.2, 0.25) is 0 Å². The maximum absolute atomic E-state index is 13.0. The zero-order chi connectivity index (χ0) is 35.1. The number of benzene rings is 2. The van der Waals surface area contributed by atoms with Crippen molar-refractivity contribution >= 4 is 12.3 Å². The largest absolute Gasteiger partial charge is 0.509 e. The highest BCUT2D eigenvalue weighted by molar-refractivity contribution is 5.77. The highest BCUT2D eigenvalue weighted by atomic mass is 16.7. The third-order valence-electron chi connectivity index (χ3n) is 10.6. The summed E-state index contributed by atoms with van der Waals surface area (Å²) in [5.74, 6) is 3.80. The van der Waals surface area contributed by atoms with E-state index in [1.807, 2.05) is 50.2 Å². The molecule has 0 bridgehead atoms. The van der Waals surface area contributed by atoms with Crippen molar-refractivity contribution in [2.75, 3.05) is 14.2 Å². The van der Waals surface area contributed by atoms with Gasteiger partial charge in [-0.15, -0.1) is 0 Å². The van der Waals surface area contributed by atoms with Gasteiger partial charge in [0.25, 0.3) is 0 Å². The Balaban J connectivity index is 1.50. The Labute approximate surface area is 288 Å². The minimum absolute atomic E-state index is 0.142. The summed E-state index contributed by atoms with van der Waals surface area (Å²) in [6.07, 6.45) is 3.41. The van der Waals surface area contributed by atoms with Gasteiger partial charge in [-0.2, -0.15) is 0 Å². The van der Waals surface area contributed by atoms with Crippen molar-refractivity contribution in [3.8, 4) is 22.6 Å². The fourth-order valence-electron chi connectivity index (χ4n) is 7.61. The van der Waals surface area contributed by atoms with Gasteiger partial charge in [0, 0.05) is 11.1 Å². The Morgan fingerprint density at radius 3 is 1.31 bits per heavy atom. The molecule has 8 nitrogen and oxygen atoms in total. The molecular formula is C40H58O8. The summed E-state index contributed by atoms with van der Waals surface area (Å²) in [5.41, 5.74) is 3.07. The molecule has 4 rings (SSSR count). The monoisotopic (exact) mass is 666 g/mol. The lowest BCUT2D eigenvalue weighted by atomic mass is 9.75. The molecule has 2 saturated carbocycles. The SMILES string of the molecule is COc1ccc([C@@H](C)OC(=O)O[C@@H]2C[C@H](C)CC[C@H]2C(C)C)cc1-c1cc([C@@H](C)OC(=O)O[C@@H]2C[C@H](C)CC[C@H]2C(C)C)ccc1OC. The number of methoxy groups -OCH3 is 2. The lowest BCUT2D eigenvalue weighted by molar-refractivity contribution is -0.0442.